The lowest BCUT2D eigenvalue weighted by molar-refractivity contribution is 0.416. The van der Waals surface area contributed by atoms with E-state index < -0.39 is 0 Å². The fraction of sp³-hybridized carbons (Fsp3) is 0.714. The Morgan fingerprint density at radius 2 is 2.20 bits per heavy atom. The van der Waals surface area contributed by atoms with Crippen LogP contribution in [-0.2, 0) is 0 Å². The summed E-state index contributed by atoms with van der Waals surface area (Å²) >= 11 is 0. The molecule has 10 heavy (non-hydrogen) atoms. The molecule has 0 aromatic heterocycles. The number of aliphatic hydroxyl groups is 1. The second kappa shape index (κ2) is 5.11. The van der Waals surface area contributed by atoms with Crippen LogP contribution in [0, 0.1) is 0 Å². The molecular weight excluding hydrogens is 128 g/mol. The summed E-state index contributed by atoms with van der Waals surface area (Å²) in [5.41, 5.74) is 5.56. The molecule has 0 aromatic carbocycles. The van der Waals surface area contributed by atoms with E-state index in [2.05, 4.69) is 10.6 Å². The monoisotopic (exact) mass is 144 g/mol. The Labute approximate surface area is 62.1 Å². The van der Waals surface area contributed by atoms with Gasteiger partial charge in [-0.15, -0.1) is 0 Å². The molecule has 0 aromatic rings. The Bertz CT molecular complexity index is 112. The molecule has 1 fully saturated rings. The molecule has 1 rings (SSSR count). The fourth-order valence-corrected chi connectivity index (χ4v) is 0.995. The van der Waals surface area contributed by atoms with Gasteiger partial charge in [0.2, 0.25) is 0 Å². The number of aliphatic hydroxyl groups excluding tert-OH is 1. The van der Waals surface area contributed by atoms with Crippen molar-refractivity contribution in [3.05, 3.63) is 12.0 Å². The molecule has 0 spiro atoms. The van der Waals surface area contributed by atoms with Crippen LogP contribution < -0.4 is 5.73 Å². The van der Waals surface area contributed by atoms with E-state index in [1.54, 1.807) is 0 Å². The van der Waals surface area contributed by atoms with Gasteiger partial charge in [-0.1, -0.05) is 0 Å². The van der Waals surface area contributed by atoms with Gasteiger partial charge in [-0.05, 0) is 19.9 Å². The van der Waals surface area contributed by atoms with Crippen LogP contribution >= 0.6 is 0 Å². The predicted molar refractivity (Wildman–Crippen MR) is 42.7 cm³/mol. The summed E-state index contributed by atoms with van der Waals surface area (Å²) in [4.78, 5) is 2.07. The summed E-state index contributed by atoms with van der Waals surface area (Å²) in [6.07, 6.45) is 3.42. The van der Waals surface area contributed by atoms with Gasteiger partial charge in [0.05, 0.1) is 6.26 Å². The maximum atomic E-state index is 8.53. The largest absolute Gasteiger partial charge is 0.514 e. The van der Waals surface area contributed by atoms with E-state index in [0.29, 0.717) is 0 Å². The molecule has 0 radical (unpaired) electrons. The van der Waals surface area contributed by atoms with Gasteiger partial charge in [0.1, 0.15) is 0 Å². The van der Waals surface area contributed by atoms with Crippen molar-refractivity contribution in [1.29, 1.82) is 0 Å². The summed E-state index contributed by atoms with van der Waals surface area (Å²) in [5.74, 6) is 0. The van der Waals surface area contributed by atoms with Crippen LogP contribution in [0.2, 0.25) is 0 Å². The molecule has 0 unspecified atom stereocenters. The number of nitrogens with two attached hydrogens (primary N) is 1. The predicted octanol–water partition coefficient (Wildman–Crippen LogP) is 0.686. The molecule has 1 aliphatic heterocycles. The van der Waals surface area contributed by atoms with E-state index in [9.17, 15) is 0 Å². The van der Waals surface area contributed by atoms with Crippen LogP contribution in [-0.4, -0.2) is 30.6 Å². The second-order valence-corrected chi connectivity index (χ2v) is 2.15. The maximum absolute atomic E-state index is 8.53. The van der Waals surface area contributed by atoms with Crippen LogP contribution in [0.4, 0.5) is 0 Å². The molecule has 0 saturated carbocycles. The molecule has 60 valence electrons. The van der Waals surface area contributed by atoms with Gasteiger partial charge in [0.15, 0.2) is 0 Å². The first kappa shape index (κ1) is 9.30. The van der Waals surface area contributed by atoms with Gasteiger partial charge in [-0.2, -0.15) is 0 Å². The Morgan fingerprint density at radius 1 is 1.60 bits per heavy atom. The van der Waals surface area contributed by atoms with Crippen LogP contribution in [0.15, 0.2) is 12.0 Å². The second-order valence-electron chi connectivity index (χ2n) is 2.15. The molecule has 0 amide bonds. The minimum Gasteiger partial charge on any atom is -0.514 e. The number of likely N-dealkylation sites (tertiary alicyclic amines) is 1. The number of hydrogen-bond acceptors (Lipinski definition) is 3. The van der Waals surface area contributed by atoms with E-state index in [4.69, 9.17) is 5.11 Å². The van der Waals surface area contributed by atoms with E-state index in [1.807, 2.05) is 7.05 Å². The highest BCUT2D eigenvalue weighted by molar-refractivity contribution is 5.00. The average Bonchev–Trinajstić information content (AvgIpc) is 2.39. The lowest BCUT2D eigenvalue weighted by Gasteiger charge is -2.09. The molecular formula is C7H16N2O. The van der Waals surface area contributed by atoms with E-state index in [-0.39, 0.29) is 0 Å². The van der Waals surface area contributed by atoms with Crippen LogP contribution in [0.5, 0.6) is 0 Å². The highest BCUT2D eigenvalue weighted by Crippen LogP contribution is 2.16. The van der Waals surface area contributed by atoms with Gasteiger partial charge >= 0.3 is 0 Å². The van der Waals surface area contributed by atoms with Gasteiger partial charge in [-0.25, -0.2) is 0 Å². The Hall–Kier alpha value is -0.700. The minimum absolute atomic E-state index is 1.03. The summed E-state index contributed by atoms with van der Waals surface area (Å²) in [5, 5.41) is 8.53. The molecule has 0 aliphatic carbocycles. The lowest BCUT2D eigenvalue weighted by atomic mass is 10.3. The topological polar surface area (TPSA) is 49.5 Å². The van der Waals surface area contributed by atoms with Gasteiger partial charge in [-0.3, -0.25) is 0 Å². The molecule has 3 heteroatoms. The normalized spacial score (nSPS) is 20.7. The number of hydrogen-bond donors (Lipinski definition) is 2. The Morgan fingerprint density at radius 3 is 2.40 bits per heavy atom. The van der Waals surface area contributed by atoms with Crippen molar-refractivity contribution in [2.24, 2.45) is 5.73 Å². The summed E-state index contributed by atoms with van der Waals surface area (Å²) in [7, 11) is 3.50. The molecule has 3 nitrogen and oxygen atoms in total. The standard InChI is InChI=1S/C6H11NO.CH5N/c1-7-4-2-3-6(7)5-8;1-2/h5,8H,2-4H2,1H3;2H2,1H3/b6-5+;. The van der Waals surface area contributed by atoms with Crippen molar-refractivity contribution < 1.29 is 5.11 Å². The highest BCUT2D eigenvalue weighted by atomic mass is 16.2. The van der Waals surface area contributed by atoms with E-state index in [1.165, 1.54) is 19.7 Å². The highest BCUT2D eigenvalue weighted by Gasteiger charge is 2.10. The number of allylic oxidation sites excluding steroid dienone is 1. The zero-order valence-electron chi connectivity index (χ0n) is 6.67. The van der Waals surface area contributed by atoms with Crippen molar-refractivity contribution in [3.8, 4) is 0 Å². The third-order valence-corrected chi connectivity index (χ3v) is 1.57. The third-order valence-electron chi connectivity index (χ3n) is 1.57. The summed E-state index contributed by atoms with van der Waals surface area (Å²) < 4.78 is 0. The maximum Gasteiger partial charge on any atom is 0.0982 e. The van der Waals surface area contributed by atoms with Gasteiger partial charge in [0.25, 0.3) is 0 Å². The average molecular weight is 144 g/mol. The zero-order chi connectivity index (χ0) is 7.98. The number of nitrogens with zero attached hydrogens (tertiary/aromatic N) is 1. The van der Waals surface area contributed by atoms with Gasteiger partial charge in [0, 0.05) is 19.3 Å². The molecule has 1 heterocycles. The minimum atomic E-state index is 1.03. The SMILES string of the molecule is CN.CN1CCC/C1=C\O. The first-order valence-electron chi connectivity index (χ1n) is 3.46. The Balaban J connectivity index is 0.000000371. The van der Waals surface area contributed by atoms with E-state index in [0.717, 1.165) is 18.7 Å². The van der Waals surface area contributed by atoms with Gasteiger partial charge < -0.3 is 15.7 Å². The molecule has 0 bridgehead atoms. The van der Waals surface area contributed by atoms with Crippen LogP contribution in [0.25, 0.3) is 0 Å². The van der Waals surface area contributed by atoms with Crippen molar-refractivity contribution in [3.63, 3.8) is 0 Å². The smallest absolute Gasteiger partial charge is 0.0982 e. The summed E-state index contributed by atoms with van der Waals surface area (Å²) in [6, 6.07) is 0. The first-order chi connectivity index (χ1) is 4.84. The van der Waals surface area contributed by atoms with Crippen LogP contribution in [0.3, 0.4) is 0 Å². The third kappa shape index (κ3) is 2.27. The lowest BCUT2D eigenvalue weighted by Crippen LogP contribution is -2.09. The van der Waals surface area contributed by atoms with Crippen molar-refractivity contribution in [1.82, 2.24) is 4.90 Å². The molecule has 0 atom stereocenters. The number of rotatable bonds is 0. The zero-order valence-corrected chi connectivity index (χ0v) is 6.67. The molecule has 1 aliphatic rings. The summed E-state index contributed by atoms with van der Waals surface area (Å²) in [6.45, 7) is 1.09. The molecule has 1 saturated heterocycles. The van der Waals surface area contributed by atoms with Crippen molar-refractivity contribution in [2.75, 3.05) is 20.6 Å². The van der Waals surface area contributed by atoms with Crippen molar-refractivity contribution in [2.45, 2.75) is 12.8 Å². The Kier molecular flexibility index (Phi) is 4.76. The first-order valence-corrected chi connectivity index (χ1v) is 3.46. The van der Waals surface area contributed by atoms with Crippen LogP contribution in [0.1, 0.15) is 12.8 Å². The molecule has 3 N–H and O–H groups in total. The van der Waals surface area contributed by atoms with Crippen molar-refractivity contribution >= 4 is 0 Å². The fourth-order valence-electron chi connectivity index (χ4n) is 0.995. The quantitative estimate of drug-likeness (QED) is 0.492. The van der Waals surface area contributed by atoms with E-state index >= 15 is 0 Å².